The van der Waals surface area contributed by atoms with Crippen LogP contribution in [0.25, 0.3) is 0 Å². The molecule has 0 bridgehead atoms. The second-order valence-electron chi connectivity index (χ2n) is 3.65. The molecule has 0 aliphatic rings. The predicted molar refractivity (Wildman–Crippen MR) is 61.6 cm³/mol. The number of rotatable bonds is 5. The van der Waals surface area contributed by atoms with E-state index in [-0.39, 0.29) is 6.42 Å². The van der Waals surface area contributed by atoms with E-state index in [2.05, 4.69) is 0 Å². The SMILES string of the molecule is CCC(Oc1ccc(S(N)(=O)=O)c(F)c1F)C(N)=O. The van der Waals surface area contributed by atoms with Gasteiger partial charge in [0, 0.05) is 0 Å². The van der Waals surface area contributed by atoms with Gasteiger partial charge in [-0.3, -0.25) is 4.79 Å². The van der Waals surface area contributed by atoms with Crippen molar-refractivity contribution >= 4 is 15.9 Å². The molecule has 0 heterocycles. The summed E-state index contributed by atoms with van der Waals surface area (Å²) in [5.74, 6) is -4.68. The molecule has 4 N–H and O–H groups in total. The van der Waals surface area contributed by atoms with Gasteiger partial charge in [0.1, 0.15) is 4.90 Å². The van der Waals surface area contributed by atoms with E-state index < -0.39 is 44.3 Å². The maximum Gasteiger partial charge on any atom is 0.258 e. The lowest BCUT2D eigenvalue weighted by atomic mass is 10.2. The lowest BCUT2D eigenvalue weighted by Crippen LogP contribution is -2.33. The lowest BCUT2D eigenvalue weighted by Gasteiger charge is -2.15. The minimum atomic E-state index is -4.39. The van der Waals surface area contributed by atoms with Crippen molar-refractivity contribution in [1.29, 1.82) is 0 Å². The fourth-order valence-corrected chi connectivity index (χ4v) is 1.92. The Labute approximate surface area is 108 Å². The molecule has 1 unspecified atom stereocenters. The van der Waals surface area contributed by atoms with Crippen LogP contribution < -0.4 is 15.6 Å². The lowest BCUT2D eigenvalue weighted by molar-refractivity contribution is -0.124. The van der Waals surface area contributed by atoms with Gasteiger partial charge in [-0.1, -0.05) is 6.92 Å². The van der Waals surface area contributed by atoms with Crippen LogP contribution in [0.4, 0.5) is 8.78 Å². The second kappa shape index (κ2) is 5.49. The van der Waals surface area contributed by atoms with Crippen molar-refractivity contribution in [3.63, 3.8) is 0 Å². The van der Waals surface area contributed by atoms with Gasteiger partial charge in [0.05, 0.1) is 0 Å². The van der Waals surface area contributed by atoms with Gasteiger partial charge in [-0.25, -0.2) is 17.9 Å². The average molecular weight is 294 g/mol. The molecule has 0 aliphatic carbocycles. The predicted octanol–water partition coefficient (Wildman–Crippen LogP) is 0.255. The van der Waals surface area contributed by atoms with Crippen molar-refractivity contribution in [3.8, 4) is 5.75 Å². The molecule has 0 saturated carbocycles. The molecule has 106 valence electrons. The number of carbonyl (C=O) groups is 1. The number of ether oxygens (including phenoxy) is 1. The zero-order valence-electron chi connectivity index (χ0n) is 9.89. The molecule has 0 saturated heterocycles. The van der Waals surface area contributed by atoms with Crippen LogP contribution in [0.15, 0.2) is 17.0 Å². The molecule has 19 heavy (non-hydrogen) atoms. The summed E-state index contributed by atoms with van der Waals surface area (Å²) in [6, 6.07) is 1.61. The molecule has 6 nitrogen and oxygen atoms in total. The average Bonchev–Trinajstić information content (AvgIpc) is 2.28. The van der Waals surface area contributed by atoms with Crippen LogP contribution in [0, 0.1) is 11.6 Å². The van der Waals surface area contributed by atoms with E-state index in [0.717, 1.165) is 12.1 Å². The van der Waals surface area contributed by atoms with Gasteiger partial charge in [0.15, 0.2) is 17.7 Å². The van der Waals surface area contributed by atoms with Crippen molar-refractivity contribution in [2.24, 2.45) is 10.9 Å². The molecule has 0 aliphatic heterocycles. The Morgan fingerprint density at radius 3 is 2.37 bits per heavy atom. The van der Waals surface area contributed by atoms with Crippen LogP contribution in [0.3, 0.4) is 0 Å². The van der Waals surface area contributed by atoms with Gasteiger partial charge in [-0.05, 0) is 18.6 Å². The van der Waals surface area contributed by atoms with Crippen LogP contribution in [0.1, 0.15) is 13.3 Å². The molecular formula is C10H12F2N2O4S. The van der Waals surface area contributed by atoms with E-state index in [4.69, 9.17) is 15.6 Å². The second-order valence-corrected chi connectivity index (χ2v) is 5.18. The van der Waals surface area contributed by atoms with Gasteiger partial charge < -0.3 is 10.5 Å². The van der Waals surface area contributed by atoms with Gasteiger partial charge in [0.25, 0.3) is 5.91 Å². The van der Waals surface area contributed by atoms with Gasteiger partial charge in [0.2, 0.25) is 15.8 Å². The third-order valence-electron chi connectivity index (χ3n) is 2.28. The highest BCUT2D eigenvalue weighted by molar-refractivity contribution is 7.89. The number of halogens is 2. The maximum absolute atomic E-state index is 13.6. The summed E-state index contributed by atoms with van der Waals surface area (Å²) >= 11 is 0. The van der Waals surface area contributed by atoms with Crippen molar-refractivity contribution in [3.05, 3.63) is 23.8 Å². The number of primary sulfonamides is 1. The monoisotopic (exact) mass is 294 g/mol. The van der Waals surface area contributed by atoms with Crippen LogP contribution >= 0.6 is 0 Å². The highest BCUT2D eigenvalue weighted by Crippen LogP contribution is 2.26. The molecule has 1 aromatic carbocycles. The van der Waals surface area contributed by atoms with Gasteiger partial charge >= 0.3 is 0 Å². The fraction of sp³-hybridized carbons (Fsp3) is 0.300. The van der Waals surface area contributed by atoms with E-state index in [1.54, 1.807) is 6.92 Å². The minimum Gasteiger partial charge on any atom is -0.477 e. The van der Waals surface area contributed by atoms with Crippen LogP contribution in [0.5, 0.6) is 5.75 Å². The van der Waals surface area contributed by atoms with E-state index in [0.29, 0.717) is 0 Å². The van der Waals surface area contributed by atoms with E-state index >= 15 is 0 Å². The number of carbonyl (C=O) groups excluding carboxylic acids is 1. The Morgan fingerprint density at radius 1 is 1.37 bits per heavy atom. The Morgan fingerprint density at radius 2 is 1.95 bits per heavy atom. The van der Waals surface area contributed by atoms with Crippen molar-refractivity contribution in [1.82, 2.24) is 0 Å². The normalized spacial score (nSPS) is 13.1. The first-order valence-corrected chi connectivity index (χ1v) is 6.69. The third kappa shape index (κ3) is 3.38. The number of amides is 1. The zero-order valence-corrected chi connectivity index (χ0v) is 10.7. The molecule has 1 atom stereocenters. The summed E-state index contributed by atoms with van der Waals surface area (Å²) in [6.45, 7) is 1.56. The molecule has 0 radical (unpaired) electrons. The van der Waals surface area contributed by atoms with Gasteiger partial charge in [-0.15, -0.1) is 0 Å². The molecule has 1 amide bonds. The molecule has 1 rings (SSSR count). The van der Waals surface area contributed by atoms with Gasteiger partial charge in [-0.2, -0.15) is 4.39 Å². The Hall–Kier alpha value is -1.74. The summed E-state index contributed by atoms with van der Waals surface area (Å²) < 4.78 is 53.9. The van der Waals surface area contributed by atoms with Crippen molar-refractivity contribution in [2.75, 3.05) is 0 Å². The number of nitrogens with two attached hydrogens (primary N) is 2. The van der Waals surface area contributed by atoms with E-state index in [1.807, 2.05) is 0 Å². The minimum absolute atomic E-state index is 0.146. The molecule has 0 spiro atoms. The van der Waals surface area contributed by atoms with E-state index in [9.17, 15) is 22.0 Å². The standard InChI is InChI=1S/C10H12F2N2O4S/c1-2-5(10(13)15)18-6-3-4-7(19(14,16)17)9(12)8(6)11/h3-5H,2H2,1H3,(H2,13,15)(H2,14,16,17). The molecule has 9 heteroatoms. The van der Waals surface area contributed by atoms with E-state index in [1.165, 1.54) is 0 Å². The third-order valence-corrected chi connectivity index (χ3v) is 3.20. The zero-order chi connectivity index (χ0) is 14.8. The topological polar surface area (TPSA) is 112 Å². The fourth-order valence-electron chi connectivity index (χ4n) is 1.32. The Balaban J connectivity index is 3.21. The summed E-state index contributed by atoms with van der Waals surface area (Å²) in [5, 5.41) is 4.70. The smallest absolute Gasteiger partial charge is 0.258 e. The van der Waals surface area contributed by atoms with Crippen molar-refractivity contribution < 1.29 is 26.7 Å². The van der Waals surface area contributed by atoms with Crippen LogP contribution in [-0.4, -0.2) is 20.4 Å². The van der Waals surface area contributed by atoms with Crippen molar-refractivity contribution in [2.45, 2.75) is 24.3 Å². The van der Waals surface area contributed by atoms with Crippen LogP contribution in [-0.2, 0) is 14.8 Å². The highest BCUT2D eigenvalue weighted by Gasteiger charge is 2.24. The first-order chi connectivity index (χ1) is 8.68. The number of benzene rings is 1. The molecular weight excluding hydrogens is 282 g/mol. The first-order valence-electron chi connectivity index (χ1n) is 5.15. The molecule has 1 aromatic rings. The Kier molecular flexibility index (Phi) is 4.43. The molecule has 0 fully saturated rings. The Bertz CT molecular complexity index is 604. The number of hydrogen-bond acceptors (Lipinski definition) is 4. The summed E-state index contributed by atoms with van der Waals surface area (Å²) in [5.41, 5.74) is 4.99. The summed E-state index contributed by atoms with van der Waals surface area (Å²) in [6.07, 6.45) is -0.998. The summed E-state index contributed by atoms with van der Waals surface area (Å²) in [4.78, 5) is 9.93. The first kappa shape index (κ1) is 15.3. The highest BCUT2D eigenvalue weighted by atomic mass is 32.2. The number of hydrogen-bond donors (Lipinski definition) is 2. The quantitative estimate of drug-likeness (QED) is 0.810. The van der Waals surface area contributed by atoms with Crippen LogP contribution in [0.2, 0.25) is 0 Å². The maximum atomic E-state index is 13.6. The molecule has 0 aromatic heterocycles. The summed E-state index contributed by atoms with van der Waals surface area (Å²) in [7, 11) is -4.39. The largest absolute Gasteiger partial charge is 0.477 e. The number of primary amides is 1. The number of sulfonamides is 1.